The van der Waals surface area contributed by atoms with Gasteiger partial charge in [0.25, 0.3) is 5.91 Å². The van der Waals surface area contributed by atoms with Crippen molar-refractivity contribution in [3.8, 4) is 5.75 Å². The van der Waals surface area contributed by atoms with Crippen LogP contribution in [0.2, 0.25) is 0 Å². The maximum absolute atomic E-state index is 12.0. The average molecular weight is 307 g/mol. The highest BCUT2D eigenvalue weighted by Gasteiger charge is 2.07. The molecule has 0 saturated carbocycles. The molecule has 0 aliphatic carbocycles. The van der Waals surface area contributed by atoms with Gasteiger partial charge in [0, 0.05) is 5.56 Å². The van der Waals surface area contributed by atoms with E-state index in [0.29, 0.717) is 17.0 Å². The zero-order valence-electron chi connectivity index (χ0n) is 9.68. The molecule has 4 nitrogen and oxygen atoms in total. The minimum Gasteiger partial charge on any atom is -0.497 e. The van der Waals surface area contributed by atoms with Gasteiger partial charge >= 0.3 is 0 Å². The second-order valence-electron chi connectivity index (χ2n) is 3.56. The fourth-order valence-corrected chi connectivity index (χ4v) is 1.65. The molecule has 0 radical (unpaired) electrons. The first-order chi connectivity index (χ1) is 8.69. The molecule has 1 N–H and O–H groups in total. The van der Waals surface area contributed by atoms with E-state index in [1.807, 2.05) is 0 Å². The van der Waals surface area contributed by atoms with Crippen LogP contribution in [-0.4, -0.2) is 18.0 Å². The van der Waals surface area contributed by atoms with Crippen LogP contribution in [0.5, 0.6) is 5.75 Å². The summed E-state index contributed by atoms with van der Waals surface area (Å²) in [6.07, 6.45) is 1.59. The lowest BCUT2D eigenvalue weighted by atomic mass is 10.2. The number of methoxy groups -OCH3 is 1. The molecular weight excluding hydrogens is 296 g/mol. The Morgan fingerprint density at radius 3 is 2.83 bits per heavy atom. The monoisotopic (exact) mass is 306 g/mol. The normalized spacial score (nSPS) is 9.89. The van der Waals surface area contributed by atoms with Gasteiger partial charge in [0.1, 0.15) is 10.4 Å². The van der Waals surface area contributed by atoms with Crippen molar-refractivity contribution in [3.05, 3.63) is 52.8 Å². The number of halogens is 1. The molecule has 1 aromatic heterocycles. The smallest absolute Gasteiger partial charge is 0.255 e. The number of rotatable bonds is 3. The van der Waals surface area contributed by atoms with E-state index in [0.717, 1.165) is 4.60 Å². The van der Waals surface area contributed by atoms with Crippen LogP contribution in [0.25, 0.3) is 0 Å². The van der Waals surface area contributed by atoms with Crippen LogP contribution in [0.15, 0.2) is 47.2 Å². The molecule has 92 valence electrons. The summed E-state index contributed by atoms with van der Waals surface area (Å²) in [4.78, 5) is 16.0. The third-order valence-corrected chi connectivity index (χ3v) is 2.79. The number of ether oxygens (including phenoxy) is 1. The standard InChI is InChI=1S/C13H11BrN2O2/c1-18-11-4-2-3-9(7-11)13(17)16-10-5-6-12(14)15-8-10/h2-8H,1H3,(H,16,17). The fourth-order valence-electron chi connectivity index (χ4n) is 1.42. The summed E-state index contributed by atoms with van der Waals surface area (Å²) in [6.45, 7) is 0. The van der Waals surface area contributed by atoms with E-state index >= 15 is 0 Å². The Morgan fingerprint density at radius 1 is 1.33 bits per heavy atom. The predicted molar refractivity (Wildman–Crippen MR) is 72.9 cm³/mol. The lowest BCUT2D eigenvalue weighted by Gasteiger charge is -2.06. The minimum absolute atomic E-state index is 0.196. The number of benzene rings is 1. The number of carbonyl (C=O) groups is 1. The maximum Gasteiger partial charge on any atom is 0.255 e. The van der Waals surface area contributed by atoms with Gasteiger partial charge in [0.15, 0.2) is 0 Å². The van der Waals surface area contributed by atoms with Gasteiger partial charge in [-0.3, -0.25) is 4.79 Å². The van der Waals surface area contributed by atoms with Crippen LogP contribution >= 0.6 is 15.9 Å². The second-order valence-corrected chi connectivity index (χ2v) is 4.37. The molecule has 1 aromatic carbocycles. The van der Waals surface area contributed by atoms with E-state index in [1.165, 1.54) is 0 Å². The zero-order chi connectivity index (χ0) is 13.0. The number of carbonyl (C=O) groups excluding carboxylic acids is 1. The van der Waals surface area contributed by atoms with Crippen LogP contribution < -0.4 is 10.1 Å². The number of pyridine rings is 1. The highest BCUT2D eigenvalue weighted by Crippen LogP contribution is 2.15. The third-order valence-electron chi connectivity index (χ3n) is 2.32. The quantitative estimate of drug-likeness (QED) is 0.887. The molecule has 0 aliphatic heterocycles. The topological polar surface area (TPSA) is 51.2 Å². The Bertz CT molecular complexity index is 555. The molecule has 5 heteroatoms. The molecule has 2 rings (SSSR count). The summed E-state index contributed by atoms with van der Waals surface area (Å²) in [5.41, 5.74) is 1.18. The molecule has 0 fully saturated rings. The lowest BCUT2D eigenvalue weighted by molar-refractivity contribution is 0.102. The van der Waals surface area contributed by atoms with Crippen molar-refractivity contribution in [1.82, 2.24) is 4.98 Å². The van der Waals surface area contributed by atoms with Crippen molar-refractivity contribution >= 4 is 27.5 Å². The first-order valence-electron chi connectivity index (χ1n) is 5.26. The highest BCUT2D eigenvalue weighted by atomic mass is 79.9. The van der Waals surface area contributed by atoms with Crippen molar-refractivity contribution < 1.29 is 9.53 Å². The van der Waals surface area contributed by atoms with Gasteiger partial charge in [-0.2, -0.15) is 0 Å². The van der Waals surface area contributed by atoms with Gasteiger partial charge in [-0.05, 0) is 46.3 Å². The Labute approximate surface area is 113 Å². The lowest BCUT2D eigenvalue weighted by Crippen LogP contribution is -2.11. The van der Waals surface area contributed by atoms with Crippen molar-refractivity contribution in [2.24, 2.45) is 0 Å². The van der Waals surface area contributed by atoms with Crippen LogP contribution in [-0.2, 0) is 0 Å². The summed E-state index contributed by atoms with van der Waals surface area (Å²) in [5.74, 6) is 0.453. The molecule has 0 bridgehead atoms. The number of hydrogen-bond donors (Lipinski definition) is 1. The Hall–Kier alpha value is -1.88. The van der Waals surface area contributed by atoms with Gasteiger partial charge < -0.3 is 10.1 Å². The second kappa shape index (κ2) is 5.64. The molecule has 1 heterocycles. The van der Waals surface area contributed by atoms with Gasteiger partial charge in [-0.15, -0.1) is 0 Å². The summed E-state index contributed by atoms with van der Waals surface area (Å²) in [5, 5.41) is 2.76. The van der Waals surface area contributed by atoms with Crippen molar-refractivity contribution in [3.63, 3.8) is 0 Å². The summed E-state index contributed by atoms with van der Waals surface area (Å²) in [7, 11) is 1.57. The molecule has 0 unspecified atom stereocenters. The average Bonchev–Trinajstić information content (AvgIpc) is 2.41. The van der Waals surface area contributed by atoms with Gasteiger partial charge in [-0.1, -0.05) is 6.07 Å². The molecule has 0 spiro atoms. The van der Waals surface area contributed by atoms with Gasteiger partial charge in [0.2, 0.25) is 0 Å². The van der Waals surface area contributed by atoms with E-state index in [2.05, 4.69) is 26.2 Å². The van der Waals surface area contributed by atoms with E-state index in [1.54, 1.807) is 49.7 Å². The highest BCUT2D eigenvalue weighted by molar-refractivity contribution is 9.10. The third kappa shape index (κ3) is 3.07. The zero-order valence-corrected chi connectivity index (χ0v) is 11.3. The van der Waals surface area contributed by atoms with E-state index in [9.17, 15) is 4.79 Å². The van der Waals surface area contributed by atoms with Crippen LogP contribution in [0.3, 0.4) is 0 Å². The molecule has 0 aliphatic rings. The number of hydrogen-bond acceptors (Lipinski definition) is 3. The fraction of sp³-hybridized carbons (Fsp3) is 0.0769. The molecule has 18 heavy (non-hydrogen) atoms. The van der Waals surface area contributed by atoms with E-state index < -0.39 is 0 Å². The molecule has 1 amide bonds. The minimum atomic E-state index is -0.196. The molecule has 0 atom stereocenters. The van der Waals surface area contributed by atoms with E-state index in [-0.39, 0.29) is 5.91 Å². The van der Waals surface area contributed by atoms with Gasteiger partial charge in [0.05, 0.1) is 19.0 Å². The Balaban J connectivity index is 2.14. The van der Waals surface area contributed by atoms with Gasteiger partial charge in [-0.25, -0.2) is 4.98 Å². The number of nitrogens with zero attached hydrogens (tertiary/aromatic N) is 1. The first-order valence-corrected chi connectivity index (χ1v) is 6.05. The summed E-state index contributed by atoms with van der Waals surface area (Å²) >= 11 is 3.24. The maximum atomic E-state index is 12.0. The van der Waals surface area contributed by atoms with Crippen molar-refractivity contribution in [2.75, 3.05) is 12.4 Å². The predicted octanol–water partition coefficient (Wildman–Crippen LogP) is 3.11. The number of nitrogens with one attached hydrogen (secondary N) is 1. The molecular formula is C13H11BrN2O2. The first kappa shape index (κ1) is 12.6. The van der Waals surface area contributed by atoms with Crippen LogP contribution in [0.1, 0.15) is 10.4 Å². The Kier molecular flexibility index (Phi) is 3.94. The number of amides is 1. The molecule has 0 saturated heterocycles. The summed E-state index contributed by atoms with van der Waals surface area (Å²) in [6, 6.07) is 10.5. The number of aromatic nitrogens is 1. The SMILES string of the molecule is COc1cccc(C(=O)Nc2ccc(Br)nc2)c1. The van der Waals surface area contributed by atoms with Crippen molar-refractivity contribution in [2.45, 2.75) is 0 Å². The largest absolute Gasteiger partial charge is 0.497 e. The number of anilines is 1. The van der Waals surface area contributed by atoms with E-state index in [4.69, 9.17) is 4.74 Å². The van der Waals surface area contributed by atoms with Crippen molar-refractivity contribution in [1.29, 1.82) is 0 Å². The molecule has 2 aromatic rings. The van der Waals surface area contributed by atoms with Crippen LogP contribution in [0, 0.1) is 0 Å². The van der Waals surface area contributed by atoms with Crippen LogP contribution in [0.4, 0.5) is 5.69 Å². The summed E-state index contributed by atoms with van der Waals surface area (Å²) < 4.78 is 5.80. The Morgan fingerprint density at radius 2 is 2.17 bits per heavy atom.